The molecule has 3 rings (SSSR count). The Kier molecular flexibility index (Phi) is 4.57. The molecule has 0 spiro atoms. The van der Waals surface area contributed by atoms with Gasteiger partial charge >= 0.3 is 0 Å². The average molecular weight is 351 g/mol. The van der Waals surface area contributed by atoms with E-state index in [2.05, 4.69) is 10.2 Å². The first-order valence-corrected chi connectivity index (χ1v) is 8.21. The Morgan fingerprint density at radius 2 is 1.77 bits per heavy atom. The third-order valence-electron chi connectivity index (χ3n) is 3.03. The summed E-state index contributed by atoms with van der Waals surface area (Å²) in [7, 11) is 0. The molecule has 3 aromatic rings. The largest absolute Gasteiger partial charge is 0.335 e. The van der Waals surface area contributed by atoms with Gasteiger partial charge in [0, 0.05) is 21.4 Å². The number of rotatable bonds is 4. The smallest absolute Gasteiger partial charge is 0.210 e. The van der Waals surface area contributed by atoms with E-state index in [0.717, 1.165) is 21.9 Å². The van der Waals surface area contributed by atoms with Crippen molar-refractivity contribution in [2.75, 3.05) is 5.84 Å². The van der Waals surface area contributed by atoms with E-state index in [1.54, 1.807) is 6.07 Å². The molecular formula is C15H12Cl2N4S. The zero-order valence-corrected chi connectivity index (χ0v) is 13.7. The summed E-state index contributed by atoms with van der Waals surface area (Å²) in [6.07, 6.45) is 0. The first-order chi connectivity index (χ1) is 10.6. The summed E-state index contributed by atoms with van der Waals surface area (Å²) in [4.78, 5) is 0. The van der Waals surface area contributed by atoms with Gasteiger partial charge in [0.25, 0.3) is 0 Å². The fourth-order valence-electron chi connectivity index (χ4n) is 1.93. The summed E-state index contributed by atoms with van der Waals surface area (Å²) in [5, 5.41) is 10.3. The third kappa shape index (κ3) is 3.38. The Hall–Kier alpha value is -1.69. The number of thioether (sulfide) groups is 1. The molecule has 22 heavy (non-hydrogen) atoms. The van der Waals surface area contributed by atoms with E-state index in [0.29, 0.717) is 16.0 Å². The van der Waals surface area contributed by atoms with Gasteiger partial charge in [0.15, 0.2) is 5.82 Å². The number of hydrogen-bond donors (Lipinski definition) is 1. The van der Waals surface area contributed by atoms with Crippen molar-refractivity contribution < 1.29 is 0 Å². The van der Waals surface area contributed by atoms with Crippen LogP contribution in [-0.2, 0) is 5.75 Å². The monoisotopic (exact) mass is 350 g/mol. The Bertz CT molecular complexity index is 786. The van der Waals surface area contributed by atoms with E-state index in [1.807, 2.05) is 42.5 Å². The quantitative estimate of drug-likeness (QED) is 0.564. The lowest BCUT2D eigenvalue weighted by Gasteiger charge is -2.04. The van der Waals surface area contributed by atoms with E-state index in [4.69, 9.17) is 29.0 Å². The molecule has 0 saturated carbocycles. The number of nitrogens with two attached hydrogens (primary N) is 1. The Morgan fingerprint density at radius 3 is 2.50 bits per heavy atom. The minimum absolute atomic E-state index is 0.584. The minimum atomic E-state index is 0.584. The first kappa shape index (κ1) is 15.2. The highest BCUT2D eigenvalue weighted by Crippen LogP contribution is 2.26. The second-order valence-corrected chi connectivity index (χ2v) is 6.42. The van der Waals surface area contributed by atoms with Gasteiger partial charge < -0.3 is 5.84 Å². The second kappa shape index (κ2) is 6.60. The van der Waals surface area contributed by atoms with Crippen molar-refractivity contribution in [2.45, 2.75) is 10.9 Å². The molecule has 0 fully saturated rings. The molecule has 0 radical (unpaired) electrons. The normalized spacial score (nSPS) is 10.8. The maximum Gasteiger partial charge on any atom is 0.210 e. The molecule has 1 heterocycles. The fourth-order valence-corrected chi connectivity index (χ4v) is 3.06. The molecule has 112 valence electrons. The maximum atomic E-state index is 6.08. The van der Waals surface area contributed by atoms with Gasteiger partial charge in [-0.2, -0.15) is 0 Å². The van der Waals surface area contributed by atoms with Crippen LogP contribution in [0.25, 0.3) is 11.4 Å². The SMILES string of the molecule is Nn1c(SCc2ccc(Cl)cc2)nnc1-c1cccc(Cl)c1. The van der Waals surface area contributed by atoms with Gasteiger partial charge in [0.1, 0.15) is 0 Å². The van der Waals surface area contributed by atoms with Gasteiger partial charge in [-0.3, -0.25) is 0 Å². The van der Waals surface area contributed by atoms with Crippen LogP contribution in [-0.4, -0.2) is 14.9 Å². The van der Waals surface area contributed by atoms with E-state index >= 15 is 0 Å². The van der Waals surface area contributed by atoms with Crippen molar-refractivity contribution in [1.29, 1.82) is 0 Å². The Labute approximate surface area is 142 Å². The average Bonchev–Trinajstić information content (AvgIpc) is 2.88. The zero-order chi connectivity index (χ0) is 15.5. The van der Waals surface area contributed by atoms with Gasteiger partial charge in [-0.05, 0) is 29.8 Å². The Morgan fingerprint density at radius 1 is 1.00 bits per heavy atom. The molecule has 0 aliphatic heterocycles. The lowest BCUT2D eigenvalue weighted by molar-refractivity contribution is 0.849. The first-order valence-electron chi connectivity index (χ1n) is 6.47. The number of halogens is 2. The predicted octanol–water partition coefficient (Wildman–Crippen LogP) is 4.26. The van der Waals surface area contributed by atoms with Crippen LogP contribution in [0.4, 0.5) is 0 Å². The van der Waals surface area contributed by atoms with Gasteiger partial charge in [0.2, 0.25) is 5.16 Å². The highest BCUT2D eigenvalue weighted by atomic mass is 35.5. The zero-order valence-electron chi connectivity index (χ0n) is 11.4. The highest BCUT2D eigenvalue weighted by molar-refractivity contribution is 7.98. The molecule has 0 unspecified atom stereocenters. The molecule has 4 nitrogen and oxygen atoms in total. The molecule has 0 aliphatic rings. The summed E-state index contributed by atoms with van der Waals surface area (Å²) in [6, 6.07) is 15.0. The van der Waals surface area contributed by atoms with Crippen LogP contribution in [0.1, 0.15) is 5.56 Å². The number of hydrogen-bond acceptors (Lipinski definition) is 4. The van der Waals surface area contributed by atoms with Crippen molar-refractivity contribution in [3.8, 4) is 11.4 Å². The van der Waals surface area contributed by atoms with E-state index in [-0.39, 0.29) is 0 Å². The summed E-state index contributed by atoms with van der Waals surface area (Å²) in [5.74, 6) is 7.40. The molecule has 1 aromatic heterocycles. The topological polar surface area (TPSA) is 56.7 Å². The van der Waals surface area contributed by atoms with Gasteiger partial charge in [-0.25, -0.2) is 4.68 Å². The van der Waals surface area contributed by atoms with Crippen LogP contribution in [0.5, 0.6) is 0 Å². The second-order valence-electron chi connectivity index (χ2n) is 4.60. The fraction of sp³-hybridized carbons (Fsp3) is 0.0667. The van der Waals surface area contributed by atoms with Crippen LogP contribution >= 0.6 is 35.0 Å². The van der Waals surface area contributed by atoms with E-state index in [1.165, 1.54) is 16.4 Å². The molecule has 0 amide bonds. The van der Waals surface area contributed by atoms with Crippen molar-refractivity contribution >= 4 is 35.0 Å². The minimum Gasteiger partial charge on any atom is -0.335 e. The molecule has 0 saturated heterocycles. The van der Waals surface area contributed by atoms with Crippen LogP contribution in [0, 0.1) is 0 Å². The maximum absolute atomic E-state index is 6.08. The number of aromatic nitrogens is 3. The molecule has 0 bridgehead atoms. The van der Waals surface area contributed by atoms with Gasteiger partial charge in [0.05, 0.1) is 0 Å². The van der Waals surface area contributed by atoms with Crippen LogP contribution in [0.3, 0.4) is 0 Å². The van der Waals surface area contributed by atoms with Gasteiger partial charge in [-0.15, -0.1) is 10.2 Å². The summed E-state index contributed by atoms with van der Waals surface area (Å²) in [6.45, 7) is 0. The van der Waals surface area contributed by atoms with Crippen LogP contribution < -0.4 is 5.84 Å². The molecule has 2 N–H and O–H groups in total. The molecule has 0 aliphatic carbocycles. The van der Waals surface area contributed by atoms with E-state index < -0.39 is 0 Å². The lowest BCUT2D eigenvalue weighted by atomic mass is 10.2. The van der Waals surface area contributed by atoms with Crippen molar-refractivity contribution in [2.24, 2.45) is 0 Å². The van der Waals surface area contributed by atoms with Crippen molar-refractivity contribution in [1.82, 2.24) is 14.9 Å². The molecule has 7 heteroatoms. The highest BCUT2D eigenvalue weighted by Gasteiger charge is 2.12. The predicted molar refractivity (Wildman–Crippen MR) is 91.6 cm³/mol. The van der Waals surface area contributed by atoms with Crippen molar-refractivity contribution in [3.63, 3.8) is 0 Å². The Balaban J connectivity index is 1.77. The summed E-state index contributed by atoms with van der Waals surface area (Å²) < 4.78 is 1.48. The molecular weight excluding hydrogens is 339 g/mol. The standard InChI is InChI=1S/C15H12Cl2N4S/c16-12-6-4-10(5-7-12)9-22-15-20-19-14(21(15)18)11-2-1-3-13(17)8-11/h1-8H,9,18H2. The van der Waals surface area contributed by atoms with Crippen LogP contribution in [0.2, 0.25) is 10.0 Å². The summed E-state index contributed by atoms with van der Waals surface area (Å²) >= 11 is 13.4. The summed E-state index contributed by atoms with van der Waals surface area (Å²) in [5.41, 5.74) is 1.97. The third-order valence-corrected chi connectivity index (χ3v) is 4.53. The van der Waals surface area contributed by atoms with Crippen molar-refractivity contribution in [3.05, 3.63) is 64.1 Å². The number of nitrogens with zero attached hydrogens (tertiary/aromatic N) is 3. The molecule has 2 aromatic carbocycles. The number of benzene rings is 2. The lowest BCUT2D eigenvalue weighted by Crippen LogP contribution is -2.11. The van der Waals surface area contributed by atoms with E-state index in [9.17, 15) is 0 Å². The number of nitrogen functional groups attached to an aromatic ring is 1. The molecule has 0 atom stereocenters. The van der Waals surface area contributed by atoms with Crippen LogP contribution in [0.15, 0.2) is 53.7 Å². The van der Waals surface area contributed by atoms with Gasteiger partial charge in [-0.1, -0.05) is 59.2 Å².